The molecule has 0 aliphatic carbocycles. The van der Waals surface area contributed by atoms with E-state index in [-0.39, 0.29) is 12.1 Å². The van der Waals surface area contributed by atoms with Gasteiger partial charge in [-0.1, -0.05) is 19.1 Å². The second-order valence-electron chi connectivity index (χ2n) is 10.8. The molecule has 3 amide bonds. The van der Waals surface area contributed by atoms with Crippen LogP contribution in [0.4, 0.5) is 16.2 Å². The van der Waals surface area contributed by atoms with Gasteiger partial charge in [0.15, 0.2) is 0 Å². The fourth-order valence-electron chi connectivity index (χ4n) is 5.59. The van der Waals surface area contributed by atoms with Crippen molar-refractivity contribution in [3.05, 3.63) is 63.6 Å². The van der Waals surface area contributed by atoms with Crippen LogP contribution in [0.15, 0.2) is 41.3 Å². The number of hydrogen-bond acceptors (Lipinski definition) is 5. The summed E-state index contributed by atoms with van der Waals surface area (Å²) in [4.78, 5) is 42.1. The van der Waals surface area contributed by atoms with Crippen LogP contribution in [0.5, 0.6) is 0 Å². The minimum absolute atomic E-state index is 0.0518. The van der Waals surface area contributed by atoms with Crippen LogP contribution in [0.1, 0.15) is 69.2 Å². The number of carbonyl (C=O) groups is 3. The molecule has 0 radical (unpaired) electrons. The summed E-state index contributed by atoms with van der Waals surface area (Å²) in [7, 11) is 0. The molecule has 0 aromatic heterocycles. The Morgan fingerprint density at radius 3 is 2.58 bits per heavy atom. The largest absolute Gasteiger partial charge is 0.364 e. The molecule has 2 aromatic carbocycles. The van der Waals surface area contributed by atoms with Crippen molar-refractivity contribution in [3.63, 3.8) is 0 Å². The van der Waals surface area contributed by atoms with E-state index in [4.69, 9.17) is 0 Å². The van der Waals surface area contributed by atoms with Gasteiger partial charge in [-0.3, -0.25) is 19.3 Å². The Hall–Kier alpha value is -3.06. The van der Waals surface area contributed by atoms with Gasteiger partial charge in [-0.25, -0.2) is 0 Å². The highest BCUT2D eigenvalue weighted by molar-refractivity contribution is 8.18. The Kier molecular flexibility index (Phi) is 7.06. The van der Waals surface area contributed by atoms with Crippen molar-refractivity contribution in [2.75, 3.05) is 16.8 Å². The lowest BCUT2D eigenvalue weighted by Crippen LogP contribution is -2.51. The summed E-state index contributed by atoms with van der Waals surface area (Å²) in [5.41, 5.74) is 6.18. The zero-order valence-corrected chi connectivity index (χ0v) is 23.0. The Balaban J connectivity index is 1.57. The third kappa shape index (κ3) is 5.07. The molecule has 0 spiro atoms. The molecule has 1 saturated heterocycles. The highest BCUT2D eigenvalue weighted by Crippen LogP contribution is 2.46. The fourth-order valence-corrected chi connectivity index (χ4v) is 6.42. The molecule has 1 fully saturated rings. The van der Waals surface area contributed by atoms with E-state index < -0.39 is 17.1 Å². The number of nitrogens with zero attached hydrogens (tertiary/aromatic N) is 2. The van der Waals surface area contributed by atoms with Gasteiger partial charge in [0.1, 0.15) is 6.54 Å². The number of hydrogen-bond donors (Lipinski definition) is 1. The molecule has 2 aromatic rings. The van der Waals surface area contributed by atoms with Crippen LogP contribution >= 0.6 is 11.8 Å². The molecule has 6 nitrogen and oxygen atoms in total. The van der Waals surface area contributed by atoms with Gasteiger partial charge >= 0.3 is 0 Å². The van der Waals surface area contributed by atoms with Crippen molar-refractivity contribution in [1.82, 2.24) is 4.90 Å². The normalized spacial score (nSPS) is 20.3. The lowest BCUT2D eigenvalue weighted by atomic mass is 9.78. The standard InChI is InChI=1S/C29H35N3O3S/c1-17(2)32-24-12-19(4)21(13-23(24)20(5)15-29(32,6)7)14-25-27(34)31(28(35)36-25)16-26(33)30-22-10-8-9-18(3)11-22/h8-14,17,20H,15-16H2,1-7H3,(H,30,33)/b25-14-/t20-/m0/s1. The number of carbonyl (C=O) groups excluding carboxylic acids is 3. The van der Waals surface area contributed by atoms with Gasteiger partial charge in [-0.2, -0.15) is 0 Å². The molecule has 0 bridgehead atoms. The average molecular weight is 506 g/mol. The molecule has 0 unspecified atom stereocenters. The first-order valence-corrected chi connectivity index (χ1v) is 13.2. The Labute approximate surface area is 218 Å². The SMILES string of the molecule is Cc1cccc(NC(=O)CN2C(=O)S/C(=C\c3cc4c(cc3C)N(C(C)C)C(C)(C)C[C@@H]4C)C2=O)c1. The number of fused-ring (bicyclic) bond motifs is 1. The number of anilines is 2. The highest BCUT2D eigenvalue weighted by Gasteiger charge is 2.39. The van der Waals surface area contributed by atoms with Gasteiger partial charge in [0.05, 0.1) is 4.91 Å². The summed E-state index contributed by atoms with van der Waals surface area (Å²) < 4.78 is 0. The van der Waals surface area contributed by atoms with Crippen molar-refractivity contribution < 1.29 is 14.4 Å². The van der Waals surface area contributed by atoms with E-state index in [9.17, 15) is 14.4 Å². The quantitative estimate of drug-likeness (QED) is 0.471. The zero-order chi connectivity index (χ0) is 26.4. The van der Waals surface area contributed by atoms with Gasteiger partial charge in [0.25, 0.3) is 11.1 Å². The predicted molar refractivity (Wildman–Crippen MR) is 148 cm³/mol. The second kappa shape index (κ2) is 9.77. The number of rotatable bonds is 5. The van der Waals surface area contributed by atoms with Crippen molar-refractivity contribution >= 4 is 46.3 Å². The van der Waals surface area contributed by atoms with E-state index >= 15 is 0 Å². The Morgan fingerprint density at radius 2 is 1.92 bits per heavy atom. The highest BCUT2D eigenvalue weighted by atomic mass is 32.2. The molecule has 36 heavy (non-hydrogen) atoms. The number of nitrogens with one attached hydrogen (secondary N) is 1. The van der Waals surface area contributed by atoms with E-state index in [1.165, 1.54) is 11.3 Å². The lowest BCUT2D eigenvalue weighted by Gasteiger charge is -2.50. The predicted octanol–water partition coefficient (Wildman–Crippen LogP) is 6.48. The van der Waals surface area contributed by atoms with Gasteiger partial charge in [0, 0.05) is 23.0 Å². The van der Waals surface area contributed by atoms with Crippen LogP contribution in [0.2, 0.25) is 0 Å². The van der Waals surface area contributed by atoms with Crippen LogP contribution in [-0.4, -0.2) is 40.1 Å². The molecular formula is C29H35N3O3S. The van der Waals surface area contributed by atoms with Crippen LogP contribution in [0.3, 0.4) is 0 Å². The van der Waals surface area contributed by atoms with Gasteiger partial charge in [0.2, 0.25) is 5.91 Å². The first kappa shape index (κ1) is 26.0. The third-order valence-corrected chi connectivity index (χ3v) is 7.85. The topological polar surface area (TPSA) is 69.7 Å². The van der Waals surface area contributed by atoms with Crippen LogP contribution in [0.25, 0.3) is 6.08 Å². The van der Waals surface area contributed by atoms with Crippen molar-refractivity contribution in [3.8, 4) is 0 Å². The van der Waals surface area contributed by atoms with E-state index in [1.807, 2.05) is 32.0 Å². The molecule has 1 N–H and O–H groups in total. The third-order valence-electron chi connectivity index (χ3n) is 6.94. The summed E-state index contributed by atoms with van der Waals surface area (Å²) >= 11 is 0.888. The molecule has 1 atom stereocenters. The van der Waals surface area contributed by atoms with Crippen LogP contribution in [-0.2, 0) is 9.59 Å². The monoisotopic (exact) mass is 505 g/mol. The first-order valence-electron chi connectivity index (χ1n) is 12.4. The van der Waals surface area contributed by atoms with E-state index in [1.54, 1.807) is 12.1 Å². The number of amides is 3. The summed E-state index contributed by atoms with van der Waals surface area (Å²) in [5.74, 6) is -0.461. The molecule has 0 saturated carbocycles. The maximum Gasteiger partial charge on any atom is 0.294 e. The van der Waals surface area contributed by atoms with Gasteiger partial charge in [-0.15, -0.1) is 0 Å². The van der Waals surface area contributed by atoms with Crippen LogP contribution in [0, 0.1) is 13.8 Å². The van der Waals surface area contributed by atoms with Gasteiger partial charge < -0.3 is 10.2 Å². The molecule has 2 aliphatic rings. The molecule has 2 aliphatic heterocycles. The van der Waals surface area contributed by atoms with Crippen molar-refractivity contribution in [1.29, 1.82) is 0 Å². The molecular weight excluding hydrogens is 470 g/mol. The zero-order valence-electron chi connectivity index (χ0n) is 22.1. The smallest absolute Gasteiger partial charge is 0.294 e. The Bertz CT molecular complexity index is 1260. The van der Waals surface area contributed by atoms with Crippen molar-refractivity contribution in [2.24, 2.45) is 0 Å². The fraction of sp³-hybridized carbons (Fsp3) is 0.414. The number of thioether (sulfide) groups is 1. The van der Waals surface area contributed by atoms with Crippen molar-refractivity contribution in [2.45, 2.75) is 72.4 Å². The van der Waals surface area contributed by atoms with Crippen LogP contribution < -0.4 is 10.2 Å². The molecule has 7 heteroatoms. The maximum atomic E-state index is 13.1. The minimum atomic E-state index is -0.431. The Morgan fingerprint density at radius 1 is 1.19 bits per heavy atom. The van der Waals surface area contributed by atoms with E-state index in [2.05, 4.69) is 57.0 Å². The lowest BCUT2D eigenvalue weighted by molar-refractivity contribution is -0.127. The number of benzene rings is 2. The summed E-state index contributed by atoms with van der Waals surface area (Å²) in [6, 6.07) is 12.1. The molecule has 4 rings (SSSR count). The number of aryl methyl sites for hydroxylation is 2. The summed E-state index contributed by atoms with van der Waals surface area (Å²) in [6.45, 7) is 14.9. The summed E-state index contributed by atoms with van der Waals surface area (Å²) in [5, 5.41) is 2.34. The average Bonchev–Trinajstić information content (AvgIpc) is 3.01. The minimum Gasteiger partial charge on any atom is -0.364 e. The molecule has 2 heterocycles. The van der Waals surface area contributed by atoms with E-state index in [0.29, 0.717) is 22.6 Å². The summed E-state index contributed by atoms with van der Waals surface area (Å²) in [6.07, 6.45) is 2.83. The van der Waals surface area contributed by atoms with E-state index in [0.717, 1.165) is 39.8 Å². The number of imide groups is 1. The molecule has 190 valence electrons. The second-order valence-corrected chi connectivity index (χ2v) is 11.8. The first-order chi connectivity index (χ1) is 16.9. The maximum absolute atomic E-state index is 13.1. The van der Waals surface area contributed by atoms with Gasteiger partial charge in [-0.05, 0) is 118 Å².